The van der Waals surface area contributed by atoms with Crippen molar-refractivity contribution >= 4 is 5.91 Å². The fourth-order valence-electron chi connectivity index (χ4n) is 1.20. The maximum absolute atomic E-state index is 10.5. The zero-order valence-corrected chi connectivity index (χ0v) is 8.23. The van der Waals surface area contributed by atoms with Gasteiger partial charge in [0.25, 0.3) is 0 Å². The Hall–Kier alpha value is -1.35. The Kier molecular flexibility index (Phi) is 3.65. The molecule has 0 radical (unpaired) electrons. The lowest BCUT2D eigenvalue weighted by atomic mass is 10.1. The van der Waals surface area contributed by atoms with Crippen molar-refractivity contribution in [2.45, 2.75) is 25.9 Å². The molecule has 0 saturated heterocycles. The number of hydrogen-bond donors (Lipinski definition) is 2. The Morgan fingerprint density at radius 3 is 2.50 bits per heavy atom. The first-order valence-corrected chi connectivity index (χ1v) is 4.62. The van der Waals surface area contributed by atoms with E-state index in [1.165, 1.54) is 5.56 Å². The normalized spacial score (nSPS) is 12.4. The van der Waals surface area contributed by atoms with Crippen LogP contribution >= 0.6 is 0 Å². The molecule has 0 spiro atoms. The van der Waals surface area contributed by atoms with Crippen LogP contribution in [0.25, 0.3) is 0 Å². The first-order valence-electron chi connectivity index (χ1n) is 4.62. The van der Waals surface area contributed by atoms with Gasteiger partial charge >= 0.3 is 0 Å². The van der Waals surface area contributed by atoms with Gasteiger partial charge < -0.3 is 10.8 Å². The quantitative estimate of drug-likeness (QED) is 0.742. The van der Waals surface area contributed by atoms with Gasteiger partial charge in [-0.1, -0.05) is 29.8 Å². The summed E-state index contributed by atoms with van der Waals surface area (Å²) >= 11 is 0. The van der Waals surface area contributed by atoms with E-state index in [9.17, 15) is 4.79 Å². The molecule has 1 amide bonds. The van der Waals surface area contributed by atoms with Gasteiger partial charge in [0.1, 0.15) is 6.10 Å². The van der Waals surface area contributed by atoms with Crippen LogP contribution in [0.15, 0.2) is 24.3 Å². The van der Waals surface area contributed by atoms with Crippen LogP contribution in [0.2, 0.25) is 0 Å². The number of primary amides is 1. The van der Waals surface area contributed by atoms with Crippen LogP contribution in [0.4, 0.5) is 0 Å². The second-order valence-corrected chi connectivity index (χ2v) is 3.44. The second kappa shape index (κ2) is 4.77. The zero-order chi connectivity index (χ0) is 10.6. The van der Waals surface area contributed by atoms with Crippen molar-refractivity contribution in [3.63, 3.8) is 0 Å². The number of amides is 1. The largest absolute Gasteiger partial charge is 0.383 e. The third kappa shape index (κ3) is 3.18. The monoisotopic (exact) mass is 193 g/mol. The minimum Gasteiger partial charge on any atom is -0.383 e. The number of carbonyl (C=O) groups excluding carboxylic acids is 1. The minimum atomic E-state index is -1.03. The highest BCUT2D eigenvalue weighted by atomic mass is 16.3. The van der Waals surface area contributed by atoms with Gasteiger partial charge in [-0.05, 0) is 25.3 Å². The maximum atomic E-state index is 10.5. The number of nitrogens with two attached hydrogens (primary N) is 1. The zero-order valence-electron chi connectivity index (χ0n) is 8.23. The van der Waals surface area contributed by atoms with Crippen LogP contribution in [0.3, 0.4) is 0 Å². The molecule has 0 aliphatic rings. The molecule has 3 heteroatoms. The van der Waals surface area contributed by atoms with Crippen LogP contribution in [0.5, 0.6) is 0 Å². The van der Waals surface area contributed by atoms with Crippen molar-refractivity contribution in [3.8, 4) is 0 Å². The highest BCUT2D eigenvalue weighted by molar-refractivity contribution is 5.78. The van der Waals surface area contributed by atoms with Gasteiger partial charge in [-0.15, -0.1) is 0 Å². The highest BCUT2D eigenvalue weighted by Crippen LogP contribution is 2.07. The van der Waals surface area contributed by atoms with Crippen LogP contribution in [-0.2, 0) is 11.2 Å². The number of hydrogen-bond acceptors (Lipinski definition) is 2. The molecule has 0 fully saturated rings. The summed E-state index contributed by atoms with van der Waals surface area (Å²) in [5.41, 5.74) is 7.24. The molecule has 1 atom stereocenters. The van der Waals surface area contributed by atoms with E-state index in [2.05, 4.69) is 0 Å². The van der Waals surface area contributed by atoms with E-state index in [0.29, 0.717) is 12.8 Å². The van der Waals surface area contributed by atoms with Crippen LogP contribution in [0, 0.1) is 6.92 Å². The molecule has 0 aromatic heterocycles. The molecule has 0 bridgehead atoms. The molecule has 3 N–H and O–H groups in total. The van der Waals surface area contributed by atoms with Crippen LogP contribution in [-0.4, -0.2) is 17.1 Å². The number of rotatable bonds is 4. The third-order valence-electron chi connectivity index (χ3n) is 2.16. The average Bonchev–Trinajstić information content (AvgIpc) is 2.16. The standard InChI is InChI=1S/C11H15NO2/c1-8-2-4-9(5-3-8)6-7-10(13)11(12)14/h2-5,10,13H,6-7H2,1H3,(H2,12,14). The lowest BCUT2D eigenvalue weighted by Crippen LogP contribution is -2.28. The molecule has 0 aliphatic heterocycles. The molecule has 3 nitrogen and oxygen atoms in total. The summed E-state index contributed by atoms with van der Waals surface area (Å²) in [6, 6.07) is 7.99. The fraction of sp³-hybridized carbons (Fsp3) is 0.364. The Labute approximate surface area is 83.6 Å². The lowest BCUT2D eigenvalue weighted by Gasteiger charge is -2.06. The SMILES string of the molecule is Cc1ccc(CCC(O)C(N)=O)cc1. The molecule has 1 rings (SSSR count). The molecule has 0 heterocycles. The molecule has 14 heavy (non-hydrogen) atoms. The number of carbonyl (C=O) groups is 1. The van der Waals surface area contributed by atoms with Crippen LogP contribution in [0.1, 0.15) is 17.5 Å². The predicted octanol–water partition coefficient (Wildman–Crippen LogP) is 0.774. The minimum absolute atomic E-state index is 0.387. The molecule has 1 aromatic carbocycles. The van der Waals surface area contributed by atoms with Crippen molar-refractivity contribution in [1.82, 2.24) is 0 Å². The Balaban J connectivity index is 2.46. The lowest BCUT2D eigenvalue weighted by molar-refractivity contribution is -0.126. The predicted molar refractivity (Wildman–Crippen MR) is 54.7 cm³/mol. The Morgan fingerprint density at radius 1 is 1.43 bits per heavy atom. The number of aryl methyl sites for hydroxylation is 2. The first kappa shape index (κ1) is 10.7. The topological polar surface area (TPSA) is 63.3 Å². The summed E-state index contributed by atoms with van der Waals surface area (Å²) in [4.78, 5) is 10.5. The smallest absolute Gasteiger partial charge is 0.246 e. The summed E-state index contributed by atoms with van der Waals surface area (Å²) in [7, 11) is 0. The fourth-order valence-corrected chi connectivity index (χ4v) is 1.20. The van der Waals surface area contributed by atoms with Gasteiger partial charge in [0.15, 0.2) is 0 Å². The molecule has 0 saturated carbocycles. The van der Waals surface area contributed by atoms with E-state index in [-0.39, 0.29) is 0 Å². The molecule has 76 valence electrons. The van der Waals surface area contributed by atoms with Gasteiger partial charge in [-0.2, -0.15) is 0 Å². The van der Waals surface area contributed by atoms with E-state index in [1.54, 1.807) is 0 Å². The van der Waals surface area contributed by atoms with Gasteiger partial charge in [0.05, 0.1) is 0 Å². The molecule has 0 aliphatic carbocycles. The molecule has 1 unspecified atom stereocenters. The highest BCUT2D eigenvalue weighted by Gasteiger charge is 2.09. The average molecular weight is 193 g/mol. The molecular weight excluding hydrogens is 178 g/mol. The summed E-state index contributed by atoms with van der Waals surface area (Å²) in [5, 5.41) is 9.17. The number of benzene rings is 1. The van der Waals surface area contributed by atoms with Gasteiger partial charge in [0, 0.05) is 0 Å². The van der Waals surface area contributed by atoms with Gasteiger partial charge in [-0.25, -0.2) is 0 Å². The molecular formula is C11H15NO2. The van der Waals surface area contributed by atoms with E-state index >= 15 is 0 Å². The number of aliphatic hydroxyl groups is 1. The first-order chi connectivity index (χ1) is 6.59. The van der Waals surface area contributed by atoms with E-state index < -0.39 is 12.0 Å². The van der Waals surface area contributed by atoms with E-state index in [0.717, 1.165) is 5.56 Å². The Morgan fingerprint density at radius 2 is 2.00 bits per heavy atom. The van der Waals surface area contributed by atoms with E-state index in [4.69, 9.17) is 10.8 Å². The van der Waals surface area contributed by atoms with Crippen molar-refractivity contribution in [2.24, 2.45) is 5.73 Å². The van der Waals surface area contributed by atoms with Crippen LogP contribution < -0.4 is 5.73 Å². The van der Waals surface area contributed by atoms with Gasteiger partial charge in [0.2, 0.25) is 5.91 Å². The Bertz CT molecular complexity index is 306. The van der Waals surface area contributed by atoms with E-state index in [1.807, 2.05) is 31.2 Å². The summed E-state index contributed by atoms with van der Waals surface area (Å²) in [6.45, 7) is 2.02. The van der Waals surface area contributed by atoms with Gasteiger partial charge in [-0.3, -0.25) is 4.79 Å². The third-order valence-corrected chi connectivity index (χ3v) is 2.16. The van der Waals surface area contributed by atoms with Crippen molar-refractivity contribution in [1.29, 1.82) is 0 Å². The number of aliphatic hydroxyl groups excluding tert-OH is 1. The van der Waals surface area contributed by atoms with Crippen molar-refractivity contribution < 1.29 is 9.90 Å². The maximum Gasteiger partial charge on any atom is 0.246 e. The second-order valence-electron chi connectivity index (χ2n) is 3.44. The van der Waals surface area contributed by atoms with Crippen molar-refractivity contribution in [2.75, 3.05) is 0 Å². The summed E-state index contributed by atoms with van der Waals surface area (Å²) in [5.74, 6) is -0.655. The molecule has 1 aromatic rings. The van der Waals surface area contributed by atoms with Crippen molar-refractivity contribution in [3.05, 3.63) is 35.4 Å². The summed E-state index contributed by atoms with van der Waals surface area (Å²) in [6.07, 6.45) is 0.0271. The summed E-state index contributed by atoms with van der Waals surface area (Å²) < 4.78 is 0.